The highest BCUT2D eigenvalue weighted by Gasteiger charge is 2.25. The monoisotopic (exact) mass is 353 g/mol. The summed E-state index contributed by atoms with van der Waals surface area (Å²) in [6.07, 6.45) is 0. The molecule has 0 unspecified atom stereocenters. The van der Waals surface area contributed by atoms with Crippen LogP contribution >= 0.6 is 23.2 Å². The van der Waals surface area contributed by atoms with Gasteiger partial charge >= 0.3 is 0 Å². The molecule has 1 N–H and O–H groups in total. The van der Waals surface area contributed by atoms with Crippen LogP contribution in [0.2, 0.25) is 10.0 Å². The lowest BCUT2D eigenvalue weighted by molar-refractivity contribution is 0.358. The first kappa shape index (κ1) is 18.7. The Bertz CT molecular complexity index is 591. The number of hydrogen-bond acceptors (Lipinski definition) is 4. The third kappa shape index (κ3) is 4.81. The highest BCUT2D eigenvalue weighted by Crippen LogP contribution is 2.31. The summed E-state index contributed by atoms with van der Waals surface area (Å²) >= 11 is 12.3. The topological polar surface area (TPSA) is 52.7 Å². The predicted molar refractivity (Wildman–Crippen MR) is 87.6 cm³/mol. The zero-order valence-electron chi connectivity index (χ0n) is 12.7. The molecule has 1 rings (SSSR count). The normalized spacial score (nSPS) is 12.4. The molecule has 5 nitrogen and oxygen atoms in total. The molecule has 0 amide bonds. The second-order valence-corrected chi connectivity index (χ2v) is 7.86. The van der Waals surface area contributed by atoms with E-state index < -0.39 is 10.0 Å². The molecular weight excluding hydrogens is 333 g/mol. The second-order valence-electron chi connectivity index (χ2n) is 5.04. The maximum absolute atomic E-state index is 12.6. The molecule has 120 valence electrons. The number of sulfonamides is 1. The minimum Gasteiger partial charge on any atom is -0.316 e. The van der Waals surface area contributed by atoms with E-state index in [4.69, 9.17) is 23.2 Å². The smallest absolute Gasteiger partial charge is 0.244 e. The molecule has 0 aliphatic carbocycles. The van der Waals surface area contributed by atoms with Gasteiger partial charge in [0.1, 0.15) is 4.90 Å². The van der Waals surface area contributed by atoms with Gasteiger partial charge < -0.3 is 10.2 Å². The number of nitrogens with zero attached hydrogens (tertiary/aromatic N) is 2. The standard InChI is InChI=1S/C13H21Cl2N3O2S/c1-16-9-10-7-11(14)8-12(13(10)15)21(19,20)18(4)6-5-17(2)3/h7-8,16H,5-6,9H2,1-4H3. The fourth-order valence-corrected chi connectivity index (χ4v) is 3.82. The minimum atomic E-state index is -3.67. The molecule has 0 saturated heterocycles. The van der Waals surface area contributed by atoms with Gasteiger partial charge in [0, 0.05) is 31.7 Å². The van der Waals surface area contributed by atoms with Gasteiger partial charge in [0.2, 0.25) is 10.0 Å². The number of halogens is 2. The van der Waals surface area contributed by atoms with Crippen molar-refractivity contribution in [2.45, 2.75) is 11.4 Å². The molecule has 0 aliphatic rings. The molecule has 0 heterocycles. The van der Waals surface area contributed by atoms with E-state index >= 15 is 0 Å². The molecule has 1 aromatic rings. The van der Waals surface area contributed by atoms with Crippen molar-refractivity contribution in [1.82, 2.24) is 14.5 Å². The van der Waals surface area contributed by atoms with Crippen LogP contribution in [0.5, 0.6) is 0 Å². The summed E-state index contributed by atoms with van der Waals surface area (Å²) in [6, 6.07) is 3.06. The first-order valence-corrected chi connectivity index (χ1v) is 8.63. The number of benzene rings is 1. The van der Waals surface area contributed by atoms with E-state index in [0.717, 1.165) is 0 Å². The first-order valence-electron chi connectivity index (χ1n) is 6.43. The van der Waals surface area contributed by atoms with Crippen molar-refractivity contribution in [3.8, 4) is 0 Å². The minimum absolute atomic E-state index is 0.0446. The van der Waals surface area contributed by atoms with Crippen LogP contribution in [0.1, 0.15) is 5.56 Å². The van der Waals surface area contributed by atoms with Crippen molar-refractivity contribution in [1.29, 1.82) is 0 Å². The van der Waals surface area contributed by atoms with Gasteiger partial charge in [-0.1, -0.05) is 23.2 Å². The van der Waals surface area contributed by atoms with Gasteiger partial charge in [-0.05, 0) is 38.8 Å². The van der Waals surface area contributed by atoms with Gasteiger partial charge in [0.25, 0.3) is 0 Å². The van der Waals surface area contributed by atoms with Crippen LogP contribution in [-0.2, 0) is 16.6 Å². The summed E-state index contributed by atoms with van der Waals surface area (Å²) in [7, 11) is 3.40. The van der Waals surface area contributed by atoms with Gasteiger partial charge in [-0.3, -0.25) is 0 Å². The summed E-state index contributed by atoms with van der Waals surface area (Å²) in [5.74, 6) is 0. The molecule has 0 fully saturated rings. The van der Waals surface area contributed by atoms with Crippen LogP contribution in [0.15, 0.2) is 17.0 Å². The van der Waals surface area contributed by atoms with Crippen LogP contribution in [0, 0.1) is 0 Å². The van der Waals surface area contributed by atoms with Crippen LogP contribution < -0.4 is 5.32 Å². The first-order chi connectivity index (χ1) is 9.70. The number of hydrogen-bond donors (Lipinski definition) is 1. The highest BCUT2D eigenvalue weighted by atomic mass is 35.5. The van der Waals surface area contributed by atoms with Gasteiger partial charge in [-0.2, -0.15) is 4.31 Å². The van der Waals surface area contributed by atoms with E-state index in [1.54, 1.807) is 13.1 Å². The van der Waals surface area contributed by atoms with Crippen LogP contribution in [0.25, 0.3) is 0 Å². The van der Waals surface area contributed by atoms with E-state index in [2.05, 4.69) is 5.32 Å². The molecule has 0 saturated carbocycles. The number of nitrogens with one attached hydrogen (secondary N) is 1. The highest BCUT2D eigenvalue weighted by molar-refractivity contribution is 7.89. The molecule has 0 atom stereocenters. The lowest BCUT2D eigenvalue weighted by Crippen LogP contribution is -2.33. The molecule has 0 radical (unpaired) electrons. The largest absolute Gasteiger partial charge is 0.316 e. The van der Waals surface area contributed by atoms with E-state index in [9.17, 15) is 8.42 Å². The van der Waals surface area contributed by atoms with Gasteiger partial charge in [-0.25, -0.2) is 8.42 Å². The van der Waals surface area contributed by atoms with Gasteiger partial charge in [-0.15, -0.1) is 0 Å². The van der Waals surface area contributed by atoms with Crippen LogP contribution in [0.4, 0.5) is 0 Å². The summed E-state index contributed by atoms with van der Waals surface area (Å²) in [6.45, 7) is 1.44. The van der Waals surface area contributed by atoms with E-state index in [1.807, 2.05) is 19.0 Å². The van der Waals surface area contributed by atoms with Crippen LogP contribution in [0.3, 0.4) is 0 Å². The van der Waals surface area contributed by atoms with Gasteiger partial charge in [0.15, 0.2) is 0 Å². The molecule has 8 heteroatoms. The average Bonchev–Trinajstić information content (AvgIpc) is 2.39. The van der Waals surface area contributed by atoms with Gasteiger partial charge in [0.05, 0.1) is 5.02 Å². The molecule has 0 aliphatic heterocycles. The van der Waals surface area contributed by atoms with Crippen molar-refractivity contribution in [2.24, 2.45) is 0 Å². The average molecular weight is 354 g/mol. The fourth-order valence-electron chi connectivity index (χ4n) is 1.75. The zero-order chi connectivity index (χ0) is 16.2. The molecule has 1 aromatic carbocycles. The molecule has 21 heavy (non-hydrogen) atoms. The summed E-state index contributed by atoms with van der Waals surface area (Å²) in [4.78, 5) is 1.96. The Labute approximate surface area is 136 Å². The van der Waals surface area contributed by atoms with E-state index in [0.29, 0.717) is 30.2 Å². The summed E-state index contributed by atoms with van der Waals surface area (Å²) < 4.78 is 26.5. The van der Waals surface area contributed by atoms with Crippen molar-refractivity contribution < 1.29 is 8.42 Å². The van der Waals surface area contributed by atoms with Crippen LogP contribution in [-0.4, -0.2) is 58.9 Å². The maximum Gasteiger partial charge on any atom is 0.244 e. The quantitative estimate of drug-likeness (QED) is 0.813. The van der Waals surface area contributed by atoms with Crippen molar-refractivity contribution in [3.05, 3.63) is 27.7 Å². The maximum atomic E-state index is 12.6. The fraction of sp³-hybridized carbons (Fsp3) is 0.538. The predicted octanol–water partition coefficient (Wildman–Crippen LogP) is 1.89. The summed E-state index contributed by atoms with van der Waals surface area (Å²) in [5, 5.41) is 3.51. The Kier molecular flexibility index (Phi) is 6.90. The second kappa shape index (κ2) is 7.76. The molecule has 0 aromatic heterocycles. The number of likely N-dealkylation sites (N-methyl/N-ethyl adjacent to an activating group) is 2. The Balaban J connectivity index is 3.18. The van der Waals surface area contributed by atoms with Crippen molar-refractivity contribution in [2.75, 3.05) is 41.3 Å². The summed E-state index contributed by atoms with van der Waals surface area (Å²) in [5.41, 5.74) is 0.659. The Morgan fingerprint density at radius 1 is 1.14 bits per heavy atom. The van der Waals surface area contributed by atoms with Crippen molar-refractivity contribution in [3.63, 3.8) is 0 Å². The van der Waals surface area contributed by atoms with E-state index in [1.165, 1.54) is 17.4 Å². The lowest BCUT2D eigenvalue weighted by atomic mass is 10.2. The SMILES string of the molecule is CNCc1cc(Cl)cc(S(=O)(=O)N(C)CCN(C)C)c1Cl. The third-order valence-corrected chi connectivity index (χ3v) is 5.65. The van der Waals surface area contributed by atoms with E-state index in [-0.39, 0.29) is 9.92 Å². The third-order valence-electron chi connectivity index (χ3n) is 3.00. The Hall–Kier alpha value is -0.370. The zero-order valence-corrected chi connectivity index (χ0v) is 15.0. The van der Waals surface area contributed by atoms with Crippen molar-refractivity contribution >= 4 is 33.2 Å². The Morgan fingerprint density at radius 2 is 1.76 bits per heavy atom. The number of rotatable bonds is 7. The molecular formula is C13H21Cl2N3O2S. The lowest BCUT2D eigenvalue weighted by Gasteiger charge is -2.21. The Morgan fingerprint density at radius 3 is 2.29 bits per heavy atom. The molecule has 0 spiro atoms. The molecule has 0 bridgehead atoms.